The topological polar surface area (TPSA) is 29.3 Å². The highest BCUT2D eigenvalue weighted by atomic mass is 31.0. The highest BCUT2D eigenvalue weighted by Gasteiger charge is 2.27. The number of hydrogen-bond donors (Lipinski definition) is 1. The molecule has 2 atom stereocenters. The summed E-state index contributed by atoms with van der Waals surface area (Å²) in [4.78, 5) is 2.11. The van der Waals surface area contributed by atoms with Gasteiger partial charge in [-0.1, -0.05) is 31.2 Å². The van der Waals surface area contributed by atoms with E-state index in [0.29, 0.717) is 0 Å². The lowest BCUT2D eigenvalue weighted by Gasteiger charge is -2.30. The molecule has 0 fully saturated rings. The lowest BCUT2D eigenvalue weighted by atomic mass is 9.87. The maximum atomic E-state index is 5.79. The molecular formula is C17H23N2P. The molecule has 0 aliphatic rings. The fraction of sp³-hybridized carbons (Fsp3) is 0.294. The standard InChI is InChI=1S/C17H23N2P/c1-4-17(20,13-5-9-15(18)10-6-13)14-7-11-16(12-8-14)19(2)3/h5-12H,4,18,20H2,1-3H3. The predicted molar refractivity (Wildman–Crippen MR) is 92.4 cm³/mol. The van der Waals surface area contributed by atoms with Crippen molar-refractivity contribution in [2.75, 3.05) is 24.7 Å². The molecule has 0 aliphatic carbocycles. The number of anilines is 2. The number of rotatable bonds is 4. The first-order valence-corrected chi connectivity index (χ1v) is 7.48. The fourth-order valence-electron chi connectivity index (χ4n) is 2.41. The molecule has 0 bridgehead atoms. The molecule has 0 saturated heterocycles. The van der Waals surface area contributed by atoms with Crippen LogP contribution < -0.4 is 10.6 Å². The Morgan fingerprint density at radius 3 is 1.80 bits per heavy atom. The molecule has 2 aromatic rings. The van der Waals surface area contributed by atoms with Gasteiger partial charge >= 0.3 is 0 Å². The van der Waals surface area contributed by atoms with Gasteiger partial charge in [0.05, 0.1) is 0 Å². The summed E-state index contributed by atoms with van der Waals surface area (Å²) >= 11 is 0. The first-order chi connectivity index (χ1) is 9.47. The number of hydrogen-bond acceptors (Lipinski definition) is 2. The van der Waals surface area contributed by atoms with Crippen LogP contribution >= 0.6 is 9.24 Å². The van der Waals surface area contributed by atoms with Crippen LogP contribution in [-0.4, -0.2) is 14.1 Å². The number of nitrogens with two attached hydrogens (primary N) is 1. The highest BCUT2D eigenvalue weighted by molar-refractivity contribution is 7.19. The predicted octanol–water partition coefficient (Wildman–Crippen LogP) is 3.86. The van der Waals surface area contributed by atoms with Gasteiger partial charge in [-0.05, 0) is 41.8 Å². The van der Waals surface area contributed by atoms with Gasteiger partial charge in [0.1, 0.15) is 0 Å². The molecule has 2 N–H and O–H groups in total. The third-order valence-electron chi connectivity index (χ3n) is 3.88. The van der Waals surface area contributed by atoms with Gasteiger partial charge in [0.15, 0.2) is 0 Å². The first-order valence-electron chi connectivity index (χ1n) is 6.90. The molecule has 106 valence electrons. The summed E-state index contributed by atoms with van der Waals surface area (Å²) in [6, 6.07) is 16.9. The Labute approximate surface area is 124 Å². The average Bonchev–Trinajstić information content (AvgIpc) is 2.47. The van der Waals surface area contributed by atoms with Crippen LogP contribution in [0.25, 0.3) is 0 Å². The normalized spacial score (nSPS) is 13.8. The van der Waals surface area contributed by atoms with Crippen LogP contribution in [-0.2, 0) is 5.16 Å². The zero-order valence-corrected chi connectivity index (χ0v) is 13.6. The SMILES string of the molecule is CCC(P)(c1ccc(N)cc1)c1ccc(N(C)C)cc1. The molecule has 0 aliphatic heterocycles. The fourth-order valence-corrected chi connectivity index (χ4v) is 2.80. The van der Waals surface area contributed by atoms with E-state index in [0.717, 1.165) is 12.1 Å². The third kappa shape index (κ3) is 2.81. The van der Waals surface area contributed by atoms with Crippen molar-refractivity contribution in [3.8, 4) is 0 Å². The van der Waals surface area contributed by atoms with Crippen LogP contribution in [0.2, 0.25) is 0 Å². The summed E-state index contributed by atoms with van der Waals surface area (Å²) in [7, 11) is 7.14. The maximum Gasteiger partial charge on any atom is 0.0361 e. The smallest absolute Gasteiger partial charge is 0.0361 e. The van der Waals surface area contributed by atoms with Crippen LogP contribution in [0.1, 0.15) is 24.5 Å². The molecule has 2 rings (SSSR count). The Balaban J connectivity index is 2.42. The van der Waals surface area contributed by atoms with Crippen molar-refractivity contribution < 1.29 is 0 Å². The van der Waals surface area contributed by atoms with E-state index >= 15 is 0 Å². The van der Waals surface area contributed by atoms with Crippen LogP contribution in [0, 0.1) is 0 Å². The molecule has 2 nitrogen and oxygen atoms in total. The van der Waals surface area contributed by atoms with Gasteiger partial charge in [0.2, 0.25) is 0 Å². The van der Waals surface area contributed by atoms with Crippen LogP contribution in [0.15, 0.2) is 48.5 Å². The van der Waals surface area contributed by atoms with Gasteiger partial charge in [-0.2, -0.15) is 0 Å². The minimum absolute atomic E-state index is 0.0570. The van der Waals surface area contributed by atoms with Gasteiger partial charge in [0.25, 0.3) is 0 Å². The summed E-state index contributed by atoms with van der Waals surface area (Å²) in [6.45, 7) is 2.21. The van der Waals surface area contributed by atoms with E-state index in [9.17, 15) is 0 Å². The maximum absolute atomic E-state index is 5.79. The monoisotopic (exact) mass is 286 g/mol. The second-order valence-corrected chi connectivity index (χ2v) is 6.37. The number of nitrogen functional groups attached to an aromatic ring is 1. The summed E-state index contributed by atoms with van der Waals surface area (Å²) in [5.41, 5.74) is 10.4. The molecule has 0 saturated carbocycles. The Morgan fingerprint density at radius 2 is 1.40 bits per heavy atom. The molecule has 0 aromatic heterocycles. The Morgan fingerprint density at radius 1 is 0.950 bits per heavy atom. The summed E-state index contributed by atoms with van der Waals surface area (Å²) in [5, 5.41) is -0.0570. The third-order valence-corrected chi connectivity index (χ3v) is 4.96. The van der Waals surface area contributed by atoms with Gasteiger partial charge in [-0.25, -0.2) is 0 Å². The first kappa shape index (κ1) is 14.9. The van der Waals surface area contributed by atoms with E-state index in [1.54, 1.807) is 0 Å². The quantitative estimate of drug-likeness (QED) is 0.683. The molecule has 0 heterocycles. The molecule has 2 aromatic carbocycles. The molecular weight excluding hydrogens is 263 g/mol. The summed E-state index contributed by atoms with van der Waals surface area (Å²) in [6.07, 6.45) is 1.02. The number of nitrogens with zero attached hydrogens (tertiary/aromatic N) is 1. The molecule has 0 spiro atoms. The number of benzene rings is 2. The second kappa shape index (κ2) is 5.85. The van der Waals surface area contributed by atoms with E-state index in [2.05, 4.69) is 71.6 Å². The van der Waals surface area contributed by atoms with Crippen molar-refractivity contribution in [1.29, 1.82) is 0 Å². The van der Waals surface area contributed by atoms with Crippen molar-refractivity contribution in [3.05, 3.63) is 59.7 Å². The lowest BCUT2D eigenvalue weighted by molar-refractivity contribution is 0.710. The second-order valence-electron chi connectivity index (χ2n) is 5.39. The summed E-state index contributed by atoms with van der Waals surface area (Å²) < 4.78 is 0. The van der Waals surface area contributed by atoms with E-state index in [1.165, 1.54) is 16.8 Å². The average molecular weight is 286 g/mol. The van der Waals surface area contributed by atoms with Gasteiger partial charge < -0.3 is 10.6 Å². The van der Waals surface area contributed by atoms with E-state index in [4.69, 9.17) is 5.73 Å². The Hall–Kier alpha value is -1.53. The Bertz CT molecular complexity index is 561. The zero-order valence-electron chi connectivity index (χ0n) is 12.4. The molecule has 0 radical (unpaired) electrons. The van der Waals surface area contributed by atoms with Crippen molar-refractivity contribution in [3.63, 3.8) is 0 Å². The minimum atomic E-state index is -0.0570. The molecule has 2 unspecified atom stereocenters. The van der Waals surface area contributed by atoms with Crippen molar-refractivity contribution in [2.24, 2.45) is 0 Å². The van der Waals surface area contributed by atoms with Crippen LogP contribution in [0.4, 0.5) is 11.4 Å². The van der Waals surface area contributed by atoms with Crippen LogP contribution in [0.3, 0.4) is 0 Å². The van der Waals surface area contributed by atoms with Crippen molar-refractivity contribution >= 4 is 20.6 Å². The van der Waals surface area contributed by atoms with Gasteiger partial charge in [0, 0.05) is 30.6 Å². The largest absolute Gasteiger partial charge is 0.399 e. The molecule has 0 amide bonds. The molecule has 20 heavy (non-hydrogen) atoms. The summed E-state index contributed by atoms with van der Waals surface area (Å²) in [5.74, 6) is 0. The van der Waals surface area contributed by atoms with Crippen LogP contribution in [0.5, 0.6) is 0 Å². The van der Waals surface area contributed by atoms with E-state index in [1.807, 2.05) is 12.1 Å². The van der Waals surface area contributed by atoms with Crippen molar-refractivity contribution in [1.82, 2.24) is 0 Å². The minimum Gasteiger partial charge on any atom is -0.399 e. The van der Waals surface area contributed by atoms with Gasteiger partial charge in [-0.15, -0.1) is 9.24 Å². The Kier molecular flexibility index (Phi) is 4.35. The highest BCUT2D eigenvalue weighted by Crippen LogP contribution is 2.42. The molecule has 3 heteroatoms. The zero-order chi connectivity index (χ0) is 14.8. The lowest BCUT2D eigenvalue weighted by Crippen LogP contribution is -2.19. The van der Waals surface area contributed by atoms with Crippen molar-refractivity contribution in [2.45, 2.75) is 18.5 Å². The van der Waals surface area contributed by atoms with Gasteiger partial charge in [-0.3, -0.25) is 0 Å². The van der Waals surface area contributed by atoms with E-state index in [-0.39, 0.29) is 5.16 Å². The van der Waals surface area contributed by atoms with E-state index < -0.39 is 0 Å².